The molecule has 0 saturated heterocycles. The average Bonchev–Trinajstić information content (AvgIpc) is 2.55. The van der Waals surface area contributed by atoms with Gasteiger partial charge in [-0.3, -0.25) is 4.79 Å². The Morgan fingerprint density at radius 3 is 2.61 bits per heavy atom. The van der Waals surface area contributed by atoms with E-state index in [4.69, 9.17) is 4.74 Å². The van der Waals surface area contributed by atoms with Crippen LogP contribution in [0, 0.1) is 6.92 Å². The van der Waals surface area contributed by atoms with Crippen molar-refractivity contribution in [3.05, 3.63) is 72.3 Å². The van der Waals surface area contributed by atoms with E-state index >= 15 is 0 Å². The molecule has 3 nitrogen and oxygen atoms in total. The number of benzene rings is 3. The smallest absolute Gasteiger partial charge is 0.227 e. The summed E-state index contributed by atoms with van der Waals surface area (Å²) in [6.45, 7) is 2.38. The number of carbonyl (C=O) groups is 1. The zero-order valence-electron chi connectivity index (χ0n) is 13.1. The van der Waals surface area contributed by atoms with Gasteiger partial charge in [0.05, 0.1) is 13.0 Å². The van der Waals surface area contributed by atoms with Crippen molar-refractivity contribution >= 4 is 22.4 Å². The van der Waals surface area contributed by atoms with E-state index in [-0.39, 0.29) is 5.91 Å². The van der Waals surface area contributed by atoms with Gasteiger partial charge in [-0.05, 0) is 47.5 Å². The van der Waals surface area contributed by atoms with Gasteiger partial charge in [0.25, 0.3) is 0 Å². The molecular formula is C20H19NO2. The summed E-state index contributed by atoms with van der Waals surface area (Å²) in [5.41, 5.74) is 1.95. The van der Waals surface area contributed by atoms with Crippen LogP contribution in [0.25, 0.3) is 10.8 Å². The minimum atomic E-state index is -0.0482. The summed E-state index contributed by atoms with van der Waals surface area (Å²) in [7, 11) is 0. The Labute approximate surface area is 135 Å². The Bertz CT molecular complexity index is 826. The Hall–Kier alpha value is -2.81. The molecule has 0 heterocycles. The first-order valence-electron chi connectivity index (χ1n) is 7.69. The van der Waals surface area contributed by atoms with Crippen molar-refractivity contribution in [3.8, 4) is 5.75 Å². The molecule has 0 aliphatic heterocycles. The first-order valence-corrected chi connectivity index (χ1v) is 7.69. The molecule has 0 aliphatic carbocycles. The van der Waals surface area contributed by atoms with E-state index in [1.54, 1.807) is 0 Å². The predicted octanol–water partition coefficient (Wildman–Crippen LogP) is 4.56. The highest BCUT2D eigenvalue weighted by atomic mass is 16.5. The molecule has 3 aromatic carbocycles. The number of fused-ring (bicyclic) bond motifs is 1. The molecule has 0 bridgehead atoms. The van der Waals surface area contributed by atoms with Crippen molar-refractivity contribution in [1.82, 2.24) is 0 Å². The molecule has 3 rings (SSSR count). The minimum Gasteiger partial charge on any atom is -0.493 e. The second-order valence-corrected chi connectivity index (χ2v) is 5.53. The number of anilines is 1. The number of ether oxygens (including phenoxy) is 1. The SMILES string of the molecule is Cc1cccc(OCCC(=O)Nc2ccc3ccccc3c2)c1. The summed E-state index contributed by atoms with van der Waals surface area (Å²) in [4.78, 5) is 12.0. The van der Waals surface area contributed by atoms with Crippen molar-refractivity contribution in [2.45, 2.75) is 13.3 Å². The van der Waals surface area contributed by atoms with Gasteiger partial charge in [0.15, 0.2) is 0 Å². The summed E-state index contributed by atoms with van der Waals surface area (Å²) in [6.07, 6.45) is 0.320. The van der Waals surface area contributed by atoms with E-state index < -0.39 is 0 Å². The molecule has 0 radical (unpaired) electrons. The summed E-state index contributed by atoms with van der Waals surface area (Å²) < 4.78 is 5.60. The van der Waals surface area contributed by atoms with Crippen LogP contribution < -0.4 is 10.1 Å². The molecule has 23 heavy (non-hydrogen) atoms. The van der Waals surface area contributed by atoms with Crippen LogP contribution in [0.5, 0.6) is 5.75 Å². The zero-order valence-corrected chi connectivity index (χ0v) is 13.1. The highest BCUT2D eigenvalue weighted by Gasteiger charge is 2.04. The number of aryl methyl sites for hydroxylation is 1. The van der Waals surface area contributed by atoms with Crippen molar-refractivity contribution < 1.29 is 9.53 Å². The molecular weight excluding hydrogens is 286 g/mol. The average molecular weight is 305 g/mol. The van der Waals surface area contributed by atoms with Gasteiger partial charge >= 0.3 is 0 Å². The van der Waals surface area contributed by atoms with Crippen molar-refractivity contribution in [3.63, 3.8) is 0 Å². The third kappa shape index (κ3) is 4.10. The van der Waals surface area contributed by atoms with Gasteiger partial charge in [-0.2, -0.15) is 0 Å². The standard InChI is InChI=1S/C20H19NO2/c1-15-5-4-8-19(13-15)23-12-11-20(22)21-18-10-9-16-6-2-3-7-17(16)14-18/h2-10,13-14H,11-12H2,1H3,(H,21,22). The molecule has 1 amide bonds. The van der Waals surface area contributed by atoms with Crippen molar-refractivity contribution in [2.24, 2.45) is 0 Å². The number of carbonyl (C=O) groups excluding carboxylic acids is 1. The Morgan fingerprint density at radius 1 is 0.957 bits per heavy atom. The Balaban J connectivity index is 1.54. The lowest BCUT2D eigenvalue weighted by molar-refractivity contribution is -0.116. The van der Waals surface area contributed by atoms with E-state index in [9.17, 15) is 4.79 Å². The van der Waals surface area contributed by atoms with Gasteiger partial charge in [-0.15, -0.1) is 0 Å². The fourth-order valence-electron chi connectivity index (χ4n) is 2.46. The van der Waals surface area contributed by atoms with Gasteiger partial charge in [-0.25, -0.2) is 0 Å². The molecule has 0 aliphatic rings. The predicted molar refractivity (Wildman–Crippen MR) is 93.9 cm³/mol. The maximum absolute atomic E-state index is 12.0. The van der Waals surface area contributed by atoms with Gasteiger partial charge < -0.3 is 10.1 Å². The van der Waals surface area contributed by atoms with Crippen LogP contribution in [0.1, 0.15) is 12.0 Å². The van der Waals surface area contributed by atoms with Gasteiger partial charge in [0, 0.05) is 5.69 Å². The van der Waals surface area contributed by atoms with E-state index in [2.05, 4.69) is 11.4 Å². The molecule has 0 saturated carbocycles. The maximum atomic E-state index is 12.0. The van der Waals surface area contributed by atoms with Crippen LogP contribution >= 0.6 is 0 Å². The van der Waals surface area contributed by atoms with Crippen LogP contribution in [0.4, 0.5) is 5.69 Å². The van der Waals surface area contributed by atoms with Crippen molar-refractivity contribution in [2.75, 3.05) is 11.9 Å². The van der Waals surface area contributed by atoms with Crippen LogP contribution in [0.2, 0.25) is 0 Å². The summed E-state index contributed by atoms with van der Waals surface area (Å²) in [5.74, 6) is 0.747. The fraction of sp³-hybridized carbons (Fsp3) is 0.150. The molecule has 3 aromatic rings. The van der Waals surface area contributed by atoms with E-state index in [0.717, 1.165) is 27.8 Å². The normalized spacial score (nSPS) is 10.5. The van der Waals surface area contributed by atoms with E-state index in [1.165, 1.54) is 0 Å². The molecule has 0 aromatic heterocycles. The number of amides is 1. The van der Waals surface area contributed by atoms with Crippen LogP contribution in [0.3, 0.4) is 0 Å². The second-order valence-electron chi connectivity index (χ2n) is 5.53. The number of nitrogens with one attached hydrogen (secondary N) is 1. The molecule has 0 spiro atoms. The summed E-state index contributed by atoms with van der Waals surface area (Å²) in [6, 6.07) is 21.8. The van der Waals surface area contributed by atoms with E-state index in [0.29, 0.717) is 13.0 Å². The summed E-state index contributed by atoms with van der Waals surface area (Å²) >= 11 is 0. The molecule has 0 unspecified atom stereocenters. The number of hydrogen-bond donors (Lipinski definition) is 1. The summed E-state index contributed by atoms with van der Waals surface area (Å²) in [5, 5.41) is 5.19. The highest BCUT2D eigenvalue weighted by Crippen LogP contribution is 2.19. The molecule has 3 heteroatoms. The highest BCUT2D eigenvalue weighted by molar-refractivity contribution is 5.94. The van der Waals surface area contributed by atoms with Gasteiger partial charge in [-0.1, -0.05) is 42.5 Å². The van der Waals surface area contributed by atoms with Crippen molar-refractivity contribution in [1.29, 1.82) is 0 Å². The molecule has 0 atom stereocenters. The first kappa shape index (κ1) is 15.1. The van der Waals surface area contributed by atoms with Crippen LogP contribution in [0.15, 0.2) is 66.7 Å². The van der Waals surface area contributed by atoms with Crippen LogP contribution in [-0.4, -0.2) is 12.5 Å². The largest absolute Gasteiger partial charge is 0.493 e. The second kappa shape index (κ2) is 6.97. The minimum absolute atomic E-state index is 0.0482. The lowest BCUT2D eigenvalue weighted by atomic mass is 10.1. The fourth-order valence-corrected chi connectivity index (χ4v) is 2.46. The van der Waals surface area contributed by atoms with E-state index in [1.807, 2.05) is 67.6 Å². The Morgan fingerprint density at radius 2 is 1.78 bits per heavy atom. The monoisotopic (exact) mass is 305 g/mol. The van der Waals surface area contributed by atoms with Crippen LogP contribution in [-0.2, 0) is 4.79 Å². The zero-order chi connectivity index (χ0) is 16.1. The lowest BCUT2D eigenvalue weighted by Gasteiger charge is -2.08. The van der Waals surface area contributed by atoms with Gasteiger partial charge in [0.2, 0.25) is 5.91 Å². The number of rotatable bonds is 5. The topological polar surface area (TPSA) is 38.3 Å². The van der Waals surface area contributed by atoms with Gasteiger partial charge in [0.1, 0.15) is 5.75 Å². The lowest BCUT2D eigenvalue weighted by Crippen LogP contribution is -2.15. The number of hydrogen-bond acceptors (Lipinski definition) is 2. The Kier molecular flexibility index (Phi) is 4.57. The maximum Gasteiger partial charge on any atom is 0.227 e. The first-order chi connectivity index (χ1) is 11.2. The molecule has 1 N–H and O–H groups in total. The molecule has 116 valence electrons. The quantitative estimate of drug-likeness (QED) is 0.750. The third-order valence-electron chi connectivity index (χ3n) is 3.62. The third-order valence-corrected chi connectivity index (χ3v) is 3.62. The molecule has 0 fully saturated rings.